The Balaban J connectivity index is 2.89. The maximum atomic E-state index is 12.2. The van der Waals surface area contributed by atoms with Gasteiger partial charge in [0.1, 0.15) is 0 Å². The number of carboxylic acid groups (broad SMARTS) is 1. The summed E-state index contributed by atoms with van der Waals surface area (Å²) in [5.41, 5.74) is 0.0583. The summed E-state index contributed by atoms with van der Waals surface area (Å²) < 4.78 is 24.3. The molecule has 0 unspecified atom stereocenters. The summed E-state index contributed by atoms with van der Waals surface area (Å²) in [6.45, 7) is 5.19. The molecule has 2 N–H and O–H groups in total. The van der Waals surface area contributed by atoms with Gasteiger partial charge in [0.15, 0.2) is 0 Å². The number of hydrazine groups is 1. The van der Waals surface area contributed by atoms with Gasteiger partial charge in [-0.2, -0.15) is 0 Å². The Morgan fingerprint density at radius 3 is 2.05 bits per heavy atom. The van der Waals surface area contributed by atoms with E-state index < -0.39 is 16.0 Å². The monoisotopic (exact) mass is 300 g/mol. The van der Waals surface area contributed by atoms with Crippen molar-refractivity contribution in [3.63, 3.8) is 0 Å². The van der Waals surface area contributed by atoms with Crippen LogP contribution < -0.4 is 4.83 Å². The van der Waals surface area contributed by atoms with Gasteiger partial charge in [-0.15, -0.1) is 4.83 Å². The maximum absolute atomic E-state index is 12.2. The number of hydrogen-bond acceptors (Lipinski definition) is 4. The van der Waals surface area contributed by atoms with Gasteiger partial charge >= 0.3 is 5.97 Å². The molecule has 1 aromatic carbocycles. The summed E-state index contributed by atoms with van der Waals surface area (Å²) in [4.78, 5) is 13.3. The van der Waals surface area contributed by atoms with E-state index >= 15 is 0 Å². The molecular weight excluding hydrogens is 280 g/mol. The minimum atomic E-state index is -3.66. The van der Waals surface area contributed by atoms with Gasteiger partial charge in [0.25, 0.3) is 10.0 Å². The zero-order valence-electron chi connectivity index (χ0n) is 11.7. The van der Waals surface area contributed by atoms with Crippen LogP contribution >= 0.6 is 0 Å². The first kappa shape index (κ1) is 16.6. The summed E-state index contributed by atoms with van der Waals surface area (Å²) in [6, 6.07) is 5.14. The molecule has 0 saturated carbocycles. The number of carbonyl (C=O) groups is 1. The quantitative estimate of drug-likeness (QED) is 0.714. The van der Waals surface area contributed by atoms with Crippen molar-refractivity contribution in [1.82, 2.24) is 9.84 Å². The molecule has 1 aromatic rings. The summed E-state index contributed by atoms with van der Waals surface area (Å²) >= 11 is 0. The molecule has 7 heteroatoms. The van der Waals surface area contributed by atoms with Crippen LogP contribution in [0.1, 0.15) is 37.0 Å². The zero-order valence-corrected chi connectivity index (χ0v) is 12.5. The fraction of sp³-hybridized carbons (Fsp3) is 0.462. The van der Waals surface area contributed by atoms with E-state index in [0.717, 1.165) is 12.8 Å². The van der Waals surface area contributed by atoms with Crippen LogP contribution in [0.15, 0.2) is 29.2 Å². The molecule has 0 bridgehead atoms. The second kappa shape index (κ2) is 7.37. The predicted molar refractivity (Wildman–Crippen MR) is 75.9 cm³/mol. The lowest BCUT2D eigenvalue weighted by Crippen LogP contribution is -2.42. The fourth-order valence-corrected chi connectivity index (χ4v) is 2.86. The molecule has 0 aromatic heterocycles. The molecule has 0 spiro atoms. The molecule has 112 valence electrons. The van der Waals surface area contributed by atoms with E-state index in [1.165, 1.54) is 24.3 Å². The second-order valence-corrected chi connectivity index (χ2v) is 6.07. The summed E-state index contributed by atoms with van der Waals surface area (Å²) in [5.74, 6) is -1.08. The number of hydrogen-bond donors (Lipinski definition) is 2. The van der Waals surface area contributed by atoms with Crippen molar-refractivity contribution in [2.45, 2.75) is 31.6 Å². The van der Waals surface area contributed by atoms with Crippen molar-refractivity contribution >= 4 is 16.0 Å². The zero-order chi connectivity index (χ0) is 15.2. The highest BCUT2D eigenvalue weighted by molar-refractivity contribution is 7.89. The Kier molecular flexibility index (Phi) is 6.12. The molecule has 6 nitrogen and oxygen atoms in total. The van der Waals surface area contributed by atoms with Crippen LogP contribution in [0.5, 0.6) is 0 Å². The van der Waals surface area contributed by atoms with Gasteiger partial charge in [-0.1, -0.05) is 13.8 Å². The van der Waals surface area contributed by atoms with E-state index in [1.54, 1.807) is 5.01 Å². The minimum absolute atomic E-state index is 0.0553. The van der Waals surface area contributed by atoms with Crippen LogP contribution in [0.25, 0.3) is 0 Å². The SMILES string of the molecule is CCCN(CCC)NS(=O)(=O)c1ccc(C(=O)O)cc1. The van der Waals surface area contributed by atoms with Crippen molar-refractivity contribution in [2.75, 3.05) is 13.1 Å². The first-order valence-electron chi connectivity index (χ1n) is 6.51. The normalized spacial score (nSPS) is 11.8. The third kappa shape index (κ3) is 4.59. The molecule has 0 aliphatic rings. The maximum Gasteiger partial charge on any atom is 0.335 e. The summed E-state index contributed by atoms with van der Waals surface area (Å²) in [7, 11) is -3.66. The number of nitrogens with zero attached hydrogens (tertiary/aromatic N) is 1. The fourth-order valence-electron chi connectivity index (χ4n) is 1.74. The Bertz CT molecular complexity index is 534. The van der Waals surface area contributed by atoms with E-state index in [2.05, 4.69) is 4.83 Å². The highest BCUT2D eigenvalue weighted by Crippen LogP contribution is 2.11. The number of rotatable bonds is 8. The Morgan fingerprint density at radius 1 is 1.15 bits per heavy atom. The van der Waals surface area contributed by atoms with Crippen molar-refractivity contribution in [1.29, 1.82) is 0 Å². The third-order valence-electron chi connectivity index (χ3n) is 2.65. The average molecular weight is 300 g/mol. The van der Waals surface area contributed by atoms with Crippen LogP contribution in [-0.2, 0) is 10.0 Å². The van der Waals surface area contributed by atoms with Crippen LogP contribution in [0.4, 0.5) is 0 Å². The van der Waals surface area contributed by atoms with Crippen LogP contribution in [0, 0.1) is 0 Å². The van der Waals surface area contributed by atoms with Crippen LogP contribution in [0.2, 0.25) is 0 Å². The Hall–Kier alpha value is -1.44. The summed E-state index contributed by atoms with van der Waals surface area (Å²) in [5, 5.41) is 10.4. The van der Waals surface area contributed by atoms with Crippen LogP contribution in [-0.4, -0.2) is 37.6 Å². The highest BCUT2D eigenvalue weighted by Gasteiger charge is 2.18. The van der Waals surface area contributed by atoms with Crippen molar-refractivity contribution in [2.24, 2.45) is 0 Å². The smallest absolute Gasteiger partial charge is 0.335 e. The molecule has 1 rings (SSSR count). The standard InChI is InChI=1S/C13H20N2O4S/c1-3-9-15(10-4-2)14-20(18,19)12-7-5-11(6-8-12)13(16)17/h5-8,14H,3-4,9-10H2,1-2H3,(H,16,17). The largest absolute Gasteiger partial charge is 0.478 e. The van der Waals surface area contributed by atoms with E-state index in [4.69, 9.17) is 5.11 Å². The van der Waals surface area contributed by atoms with E-state index in [0.29, 0.717) is 13.1 Å². The van der Waals surface area contributed by atoms with Gasteiger partial charge in [0.05, 0.1) is 10.5 Å². The molecule has 0 aliphatic heterocycles. The number of aromatic carboxylic acids is 1. The topological polar surface area (TPSA) is 86.7 Å². The number of carboxylic acids is 1. The number of nitrogens with one attached hydrogen (secondary N) is 1. The summed E-state index contributed by atoms with van der Waals surface area (Å²) in [6.07, 6.45) is 1.67. The van der Waals surface area contributed by atoms with E-state index in [1.807, 2.05) is 13.8 Å². The highest BCUT2D eigenvalue weighted by atomic mass is 32.2. The Morgan fingerprint density at radius 2 is 1.65 bits per heavy atom. The molecule has 0 heterocycles. The molecule has 20 heavy (non-hydrogen) atoms. The van der Waals surface area contributed by atoms with Gasteiger partial charge in [-0.3, -0.25) is 0 Å². The first-order chi connectivity index (χ1) is 9.40. The molecule has 0 radical (unpaired) electrons. The van der Waals surface area contributed by atoms with Gasteiger partial charge in [0, 0.05) is 13.1 Å². The first-order valence-corrected chi connectivity index (χ1v) is 7.99. The van der Waals surface area contributed by atoms with Gasteiger partial charge in [-0.25, -0.2) is 18.2 Å². The molecule has 0 saturated heterocycles. The molecule has 0 amide bonds. The molecular formula is C13H20N2O4S. The predicted octanol–water partition coefficient (Wildman–Crippen LogP) is 1.70. The number of sulfonamides is 1. The Labute approximate surface area is 119 Å². The van der Waals surface area contributed by atoms with Crippen LogP contribution in [0.3, 0.4) is 0 Å². The lowest BCUT2D eigenvalue weighted by atomic mass is 10.2. The van der Waals surface area contributed by atoms with Crippen molar-refractivity contribution < 1.29 is 18.3 Å². The molecule has 0 fully saturated rings. The van der Waals surface area contributed by atoms with E-state index in [9.17, 15) is 13.2 Å². The van der Waals surface area contributed by atoms with Gasteiger partial charge in [-0.05, 0) is 37.1 Å². The lowest BCUT2D eigenvalue weighted by molar-refractivity contribution is 0.0696. The lowest BCUT2D eigenvalue weighted by Gasteiger charge is -2.21. The van der Waals surface area contributed by atoms with Crippen molar-refractivity contribution in [3.8, 4) is 0 Å². The number of benzene rings is 1. The van der Waals surface area contributed by atoms with Gasteiger partial charge in [0.2, 0.25) is 0 Å². The van der Waals surface area contributed by atoms with Gasteiger partial charge < -0.3 is 5.11 Å². The van der Waals surface area contributed by atoms with Crippen molar-refractivity contribution in [3.05, 3.63) is 29.8 Å². The molecule has 0 aliphatic carbocycles. The third-order valence-corrected chi connectivity index (χ3v) is 4.04. The average Bonchev–Trinajstić information content (AvgIpc) is 2.39. The second-order valence-electron chi connectivity index (χ2n) is 4.41. The molecule has 0 atom stereocenters. The van der Waals surface area contributed by atoms with E-state index in [-0.39, 0.29) is 10.5 Å². The minimum Gasteiger partial charge on any atom is -0.478 e.